The van der Waals surface area contributed by atoms with Crippen LogP contribution in [0.3, 0.4) is 0 Å². The highest BCUT2D eigenvalue weighted by molar-refractivity contribution is 7.23. The van der Waals surface area contributed by atoms with Gasteiger partial charge in [-0.2, -0.15) is 15.2 Å². The molecule has 0 bridgehead atoms. The van der Waals surface area contributed by atoms with Crippen LogP contribution in [0.5, 0.6) is 6.01 Å². The summed E-state index contributed by atoms with van der Waals surface area (Å²) in [4.78, 5) is 27.9. The minimum Gasteiger partial charge on any atom is -0.461 e. The predicted molar refractivity (Wildman–Crippen MR) is 177 cm³/mol. The summed E-state index contributed by atoms with van der Waals surface area (Å²) in [5, 5.41) is 10.4. The average Bonchev–Trinajstić information content (AvgIpc) is 3.87. The number of terminal acetylenes is 1. The zero-order chi connectivity index (χ0) is 33.5. The lowest BCUT2D eigenvalue weighted by atomic mass is 9.85. The molecule has 8 rings (SSSR count). The molecule has 2 N–H and O–H groups in total. The van der Waals surface area contributed by atoms with E-state index in [0.29, 0.717) is 56.6 Å². The Labute approximate surface area is 283 Å². The molecule has 6 heterocycles. The van der Waals surface area contributed by atoms with E-state index in [4.69, 9.17) is 33.5 Å². The van der Waals surface area contributed by atoms with Crippen LogP contribution in [0.4, 0.5) is 24.0 Å². The number of nitrogen functional groups attached to an aromatic ring is 1. The Morgan fingerprint density at radius 1 is 1.21 bits per heavy atom. The van der Waals surface area contributed by atoms with Crippen molar-refractivity contribution in [2.45, 2.75) is 43.8 Å². The molecule has 2 aromatic heterocycles. The number of amides is 1. The number of thiophene rings is 1. The minimum atomic E-state index is -0.964. The Balaban J connectivity index is 1.28. The zero-order valence-corrected chi connectivity index (χ0v) is 27.2. The minimum absolute atomic E-state index is 0.00937. The van der Waals surface area contributed by atoms with Gasteiger partial charge in [0.15, 0.2) is 5.82 Å². The SMILES string of the molecule is C#CN1CCC2(CCN(c3nc(OC[C@@]45CCCN4C[C@H](F)C5)nc4c(F)c(-c5ccc(F)c6sc(N)c(C#N)c56)c(Cl)cc34)C2)C1=O. The average molecular weight is 692 g/mol. The van der Waals surface area contributed by atoms with Crippen molar-refractivity contribution in [3.63, 3.8) is 0 Å². The number of ether oxygens (including phenoxy) is 1. The summed E-state index contributed by atoms with van der Waals surface area (Å²) in [5.41, 5.74) is 4.89. The van der Waals surface area contributed by atoms with Crippen molar-refractivity contribution in [2.24, 2.45) is 5.41 Å². The van der Waals surface area contributed by atoms with Crippen LogP contribution in [0, 0.1) is 40.8 Å². The van der Waals surface area contributed by atoms with E-state index in [9.17, 15) is 18.8 Å². The maximum atomic E-state index is 17.0. The van der Waals surface area contributed by atoms with E-state index in [1.165, 1.54) is 17.0 Å². The van der Waals surface area contributed by atoms with E-state index in [2.05, 4.69) is 15.9 Å². The normalized spacial score (nSPS) is 25.5. The van der Waals surface area contributed by atoms with Crippen LogP contribution in [0.2, 0.25) is 5.02 Å². The number of hydrogen-bond acceptors (Lipinski definition) is 9. The second-order valence-electron chi connectivity index (χ2n) is 13.2. The number of fused-ring (bicyclic) bond motifs is 3. The third kappa shape index (κ3) is 4.51. The van der Waals surface area contributed by atoms with Gasteiger partial charge in [-0.1, -0.05) is 24.1 Å². The van der Waals surface area contributed by atoms with Crippen molar-refractivity contribution in [3.8, 4) is 35.7 Å². The summed E-state index contributed by atoms with van der Waals surface area (Å²) in [7, 11) is 0. The molecule has 1 spiro atoms. The molecule has 1 amide bonds. The zero-order valence-electron chi connectivity index (χ0n) is 25.7. The number of rotatable bonds is 5. The largest absolute Gasteiger partial charge is 0.461 e. The molecule has 4 aliphatic rings. The summed E-state index contributed by atoms with van der Waals surface area (Å²) in [6, 6.07) is 8.47. The summed E-state index contributed by atoms with van der Waals surface area (Å²) < 4.78 is 52.7. The van der Waals surface area contributed by atoms with Crippen LogP contribution in [0.25, 0.3) is 32.1 Å². The van der Waals surface area contributed by atoms with Crippen molar-refractivity contribution in [3.05, 3.63) is 40.4 Å². The van der Waals surface area contributed by atoms with Gasteiger partial charge in [0.2, 0.25) is 5.91 Å². The molecule has 0 saturated carbocycles. The second-order valence-corrected chi connectivity index (χ2v) is 14.6. The van der Waals surface area contributed by atoms with Crippen molar-refractivity contribution in [1.82, 2.24) is 19.8 Å². The Hall–Kier alpha value is -4.30. The highest BCUT2D eigenvalue weighted by atomic mass is 35.5. The molecule has 0 radical (unpaired) electrons. The van der Waals surface area contributed by atoms with E-state index >= 15 is 4.39 Å². The smallest absolute Gasteiger partial charge is 0.319 e. The molecular weight excluding hydrogens is 663 g/mol. The molecule has 48 heavy (non-hydrogen) atoms. The molecule has 4 aliphatic heterocycles. The Morgan fingerprint density at radius 3 is 2.79 bits per heavy atom. The second kappa shape index (κ2) is 11.1. The first kappa shape index (κ1) is 31.0. The van der Waals surface area contributed by atoms with E-state index in [0.717, 1.165) is 30.7 Å². The molecule has 4 aromatic rings. The van der Waals surface area contributed by atoms with Gasteiger partial charge in [0.25, 0.3) is 0 Å². The molecule has 4 fully saturated rings. The number of likely N-dealkylation sites (tertiary alicyclic amines) is 1. The first-order valence-electron chi connectivity index (χ1n) is 15.7. The lowest BCUT2D eigenvalue weighted by Crippen LogP contribution is -2.43. The van der Waals surface area contributed by atoms with Gasteiger partial charge in [0.1, 0.15) is 41.0 Å². The number of anilines is 2. The van der Waals surface area contributed by atoms with Gasteiger partial charge >= 0.3 is 6.01 Å². The Bertz CT molecular complexity index is 2130. The molecular formula is C34H29ClF3N7O2S. The third-order valence-corrected chi connectivity index (χ3v) is 11.9. The maximum Gasteiger partial charge on any atom is 0.319 e. The number of carbonyl (C=O) groups is 1. The molecule has 0 aliphatic carbocycles. The summed E-state index contributed by atoms with van der Waals surface area (Å²) >= 11 is 7.73. The van der Waals surface area contributed by atoms with Crippen LogP contribution in [-0.4, -0.2) is 76.7 Å². The quantitative estimate of drug-likeness (QED) is 0.259. The topological polar surface area (TPSA) is 112 Å². The first-order valence-corrected chi connectivity index (χ1v) is 16.9. The number of benzene rings is 2. The van der Waals surface area contributed by atoms with E-state index in [1.807, 2.05) is 11.0 Å². The van der Waals surface area contributed by atoms with Crippen LogP contribution < -0.4 is 15.4 Å². The first-order chi connectivity index (χ1) is 23.1. The van der Waals surface area contributed by atoms with Gasteiger partial charge in [-0.25, -0.2) is 13.2 Å². The lowest BCUT2D eigenvalue weighted by Gasteiger charge is -2.31. The number of aromatic nitrogens is 2. The summed E-state index contributed by atoms with van der Waals surface area (Å²) in [6.07, 6.45) is 7.72. The van der Waals surface area contributed by atoms with Crippen molar-refractivity contribution in [1.29, 1.82) is 5.26 Å². The number of halogens is 4. The molecule has 2 aromatic carbocycles. The van der Waals surface area contributed by atoms with Gasteiger partial charge < -0.3 is 15.4 Å². The Kier molecular flexibility index (Phi) is 7.18. The molecule has 246 valence electrons. The van der Waals surface area contributed by atoms with E-state index in [-0.39, 0.29) is 60.8 Å². The van der Waals surface area contributed by atoms with Crippen LogP contribution >= 0.6 is 22.9 Å². The molecule has 1 unspecified atom stereocenters. The number of nitrogens with zero attached hydrogens (tertiary/aromatic N) is 6. The molecule has 3 atom stereocenters. The fraction of sp³-hybridized carbons (Fsp3) is 0.412. The van der Waals surface area contributed by atoms with Crippen molar-refractivity contribution in [2.75, 3.05) is 50.0 Å². The summed E-state index contributed by atoms with van der Waals surface area (Å²) in [5.74, 6) is -1.20. The van der Waals surface area contributed by atoms with Crippen LogP contribution in [0.15, 0.2) is 18.2 Å². The number of alkyl halides is 1. The van der Waals surface area contributed by atoms with Gasteiger partial charge in [-0.05, 0) is 49.9 Å². The van der Waals surface area contributed by atoms with E-state index < -0.39 is 28.8 Å². The monoisotopic (exact) mass is 691 g/mol. The standard InChI is InChI=1S/C34H29ClF3N7O2S/c1-2-43-10-7-33(31(43)46)8-11-44(16-33)30-20-12-22(35)25(19-4-5-23(37)28-24(19)21(14-39)29(40)48-28)26(38)27(20)41-32(42-30)47-17-34-6-3-9-45(34)15-18(36)13-34/h1,4-5,12,18H,3,6-11,13,15-17,40H2/t18-,33?,34+/m1/s1. The molecule has 4 saturated heterocycles. The summed E-state index contributed by atoms with van der Waals surface area (Å²) in [6.45, 7) is 2.42. The van der Waals surface area contributed by atoms with Crippen molar-refractivity contribution >= 4 is 60.7 Å². The Morgan fingerprint density at radius 2 is 2.02 bits per heavy atom. The number of nitrogens with two attached hydrogens (primary N) is 1. The van der Waals surface area contributed by atoms with Gasteiger partial charge in [0, 0.05) is 55.0 Å². The van der Waals surface area contributed by atoms with Crippen LogP contribution in [0.1, 0.15) is 37.7 Å². The van der Waals surface area contributed by atoms with Gasteiger partial charge in [-0.3, -0.25) is 14.6 Å². The van der Waals surface area contributed by atoms with Crippen LogP contribution in [-0.2, 0) is 4.79 Å². The van der Waals surface area contributed by atoms with Crippen molar-refractivity contribution < 1.29 is 22.7 Å². The number of hydrogen-bond donors (Lipinski definition) is 1. The third-order valence-electron chi connectivity index (χ3n) is 10.6. The molecule has 9 nitrogen and oxygen atoms in total. The van der Waals surface area contributed by atoms with Gasteiger partial charge in [0.05, 0.1) is 26.2 Å². The van der Waals surface area contributed by atoms with Gasteiger partial charge in [-0.15, -0.1) is 11.3 Å². The molecule has 14 heteroatoms. The predicted octanol–water partition coefficient (Wildman–Crippen LogP) is 5.87. The number of nitriles is 1. The lowest BCUT2D eigenvalue weighted by molar-refractivity contribution is -0.132. The van der Waals surface area contributed by atoms with E-state index in [1.54, 1.807) is 6.07 Å². The highest BCUT2D eigenvalue weighted by Gasteiger charge is 2.52. The fourth-order valence-electron chi connectivity index (χ4n) is 8.24. The highest BCUT2D eigenvalue weighted by Crippen LogP contribution is 2.48. The fourth-order valence-corrected chi connectivity index (χ4v) is 9.49. The number of carbonyl (C=O) groups excluding carboxylic acids is 1. The maximum absolute atomic E-state index is 17.0.